The number of hydrogen-bond donors (Lipinski definition) is 0. The van der Waals surface area contributed by atoms with E-state index < -0.39 is 0 Å². The van der Waals surface area contributed by atoms with Gasteiger partial charge in [0.2, 0.25) is 0 Å². The average Bonchev–Trinajstić information content (AvgIpc) is 2.14. The van der Waals surface area contributed by atoms with Gasteiger partial charge in [-0.2, -0.15) is 0 Å². The maximum Gasteiger partial charge on any atom is 0.286 e. The topological polar surface area (TPSA) is 18.5 Å². The van der Waals surface area contributed by atoms with Gasteiger partial charge >= 0.3 is 0 Å². The van der Waals surface area contributed by atoms with Gasteiger partial charge < -0.3 is 9.39 Å². The Labute approximate surface area is 44.2 Å². The molecule has 1 aliphatic heterocycles. The summed E-state index contributed by atoms with van der Waals surface area (Å²) in [5.41, 5.74) is 0. The van der Waals surface area contributed by atoms with Crippen molar-refractivity contribution in [3.63, 3.8) is 0 Å². The maximum atomic E-state index is 4.95. The van der Waals surface area contributed by atoms with E-state index in [0.29, 0.717) is 0 Å². The predicted octanol–water partition coefficient (Wildman–Crippen LogP) is 0.223. The molecule has 1 aliphatic rings. The molecule has 3 heteroatoms. The molecule has 1 unspecified atom stereocenters. The molecule has 0 saturated carbocycles. The second-order valence-electron chi connectivity index (χ2n) is 1.58. The van der Waals surface area contributed by atoms with Crippen LogP contribution >= 0.6 is 0 Å². The van der Waals surface area contributed by atoms with Crippen LogP contribution in [-0.4, -0.2) is 20.9 Å². The highest BCUT2D eigenvalue weighted by Gasteiger charge is 2.11. The largest absolute Gasteiger partial charge is 0.425 e. The van der Waals surface area contributed by atoms with Crippen LogP contribution in [0, 0.1) is 0 Å². The molecule has 1 saturated heterocycles. The van der Waals surface area contributed by atoms with Gasteiger partial charge in [0.1, 0.15) is 6.29 Å². The van der Waals surface area contributed by atoms with Gasteiger partial charge in [-0.25, -0.2) is 0 Å². The molecule has 1 heterocycles. The zero-order valence-electron chi connectivity index (χ0n) is 4.09. The van der Waals surface area contributed by atoms with Crippen LogP contribution in [-0.2, 0) is 9.39 Å². The minimum atomic E-state index is -0.125. The third-order valence-corrected chi connectivity index (χ3v) is 1.04. The van der Waals surface area contributed by atoms with Crippen LogP contribution in [0.1, 0.15) is 12.8 Å². The van der Waals surface area contributed by atoms with Crippen molar-refractivity contribution in [1.82, 2.24) is 0 Å². The van der Waals surface area contributed by atoms with Gasteiger partial charge in [-0.15, -0.1) is 0 Å². The van der Waals surface area contributed by atoms with E-state index in [1.807, 2.05) is 0 Å². The zero-order chi connectivity index (χ0) is 5.11. The highest BCUT2D eigenvalue weighted by atomic mass is 16.7. The first-order valence-electron chi connectivity index (χ1n) is 2.40. The molecule has 0 aromatic carbocycles. The first-order chi connectivity index (χ1) is 3.43. The molecule has 0 aromatic heterocycles. The fourth-order valence-electron chi connectivity index (χ4n) is 0.655. The summed E-state index contributed by atoms with van der Waals surface area (Å²) in [7, 11) is 4.81. The minimum absolute atomic E-state index is 0.125. The molecule has 1 fully saturated rings. The van der Waals surface area contributed by atoms with Crippen molar-refractivity contribution in [2.75, 3.05) is 6.61 Å². The first-order valence-corrected chi connectivity index (χ1v) is 2.40. The molecule has 1 rings (SSSR count). The second-order valence-corrected chi connectivity index (χ2v) is 1.58. The SMILES string of the molecule is [B]OC1CCCO1. The van der Waals surface area contributed by atoms with Gasteiger partial charge in [-0.1, -0.05) is 0 Å². The lowest BCUT2D eigenvalue weighted by molar-refractivity contribution is -0.0342. The standard InChI is InChI=1S/C4H7BO2/c5-7-4-2-1-3-6-4/h4H,1-3H2. The van der Waals surface area contributed by atoms with Crippen molar-refractivity contribution >= 4 is 8.05 Å². The smallest absolute Gasteiger partial charge is 0.286 e. The lowest BCUT2D eigenvalue weighted by Crippen LogP contribution is -2.06. The summed E-state index contributed by atoms with van der Waals surface area (Å²) in [6.45, 7) is 0.794. The molecule has 0 aliphatic carbocycles. The Morgan fingerprint density at radius 1 is 1.71 bits per heavy atom. The summed E-state index contributed by atoms with van der Waals surface area (Å²) in [5, 5.41) is 0. The Balaban J connectivity index is 2.14. The van der Waals surface area contributed by atoms with Crippen LogP contribution in [0.4, 0.5) is 0 Å². The van der Waals surface area contributed by atoms with Crippen LogP contribution in [0.5, 0.6) is 0 Å². The second kappa shape index (κ2) is 2.33. The molecular weight excluding hydrogens is 90.9 g/mol. The summed E-state index contributed by atoms with van der Waals surface area (Å²) in [5.74, 6) is 0. The van der Waals surface area contributed by atoms with Gasteiger partial charge in [0.15, 0.2) is 0 Å². The molecule has 0 aromatic rings. The zero-order valence-corrected chi connectivity index (χ0v) is 4.09. The Hall–Kier alpha value is -0.0151. The Kier molecular flexibility index (Phi) is 1.71. The average molecular weight is 97.9 g/mol. The minimum Gasteiger partial charge on any atom is -0.425 e. The lowest BCUT2D eigenvalue weighted by Gasteiger charge is -2.04. The van der Waals surface area contributed by atoms with Crippen molar-refractivity contribution in [2.24, 2.45) is 0 Å². The highest BCUT2D eigenvalue weighted by Crippen LogP contribution is 2.10. The van der Waals surface area contributed by atoms with Gasteiger partial charge in [0.05, 0.1) is 0 Å². The monoisotopic (exact) mass is 98.1 g/mol. The number of hydrogen-bond acceptors (Lipinski definition) is 2. The molecule has 7 heavy (non-hydrogen) atoms. The van der Waals surface area contributed by atoms with Crippen molar-refractivity contribution < 1.29 is 9.39 Å². The predicted molar refractivity (Wildman–Crippen MR) is 25.8 cm³/mol. The molecule has 0 spiro atoms. The van der Waals surface area contributed by atoms with Crippen molar-refractivity contribution in [2.45, 2.75) is 19.1 Å². The van der Waals surface area contributed by atoms with Gasteiger partial charge in [0, 0.05) is 6.61 Å². The van der Waals surface area contributed by atoms with Crippen molar-refractivity contribution in [1.29, 1.82) is 0 Å². The van der Waals surface area contributed by atoms with Crippen molar-refractivity contribution in [3.05, 3.63) is 0 Å². The van der Waals surface area contributed by atoms with E-state index in [1.54, 1.807) is 0 Å². The highest BCUT2D eigenvalue weighted by molar-refractivity contribution is 5.98. The Morgan fingerprint density at radius 3 is 2.86 bits per heavy atom. The van der Waals surface area contributed by atoms with Crippen LogP contribution in [0.25, 0.3) is 0 Å². The van der Waals surface area contributed by atoms with E-state index in [4.69, 9.17) is 12.8 Å². The van der Waals surface area contributed by atoms with Crippen LogP contribution < -0.4 is 0 Å². The maximum absolute atomic E-state index is 4.95. The lowest BCUT2D eigenvalue weighted by atomic mass is 10.3. The summed E-state index contributed by atoms with van der Waals surface area (Å²) in [6.07, 6.45) is 1.89. The normalized spacial score (nSPS) is 31.1. The summed E-state index contributed by atoms with van der Waals surface area (Å²) in [6, 6.07) is 0. The van der Waals surface area contributed by atoms with Crippen LogP contribution in [0.2, 0.25) is 0 Å². The van der Waals surface area contributed by atoms with Crippen LogP contribution in [0.3, 0.4) is 0 Å². The van der Waals surface area contributed by atoms with E-state index in [2.05, 4.69) is 4.65 Å². The van der Waals surface area contributed by atoms with Gasteiger partial charge in [-0.05, 0) is 12.8 Å². The Morgan fingerprint density at radius 2 is 2.57 bits per heavy atom. The number of rotatable bonds is 1. The first kappa shape index (κ1) is 5.13. The fraction of sp³-hybridized carbons (Fsp3) is 1.00. The fourth-order valence-corrected chi connectivity index (χ4v) is 0.655. The molecule has 2 nitrogen and oxygen atoms in total. The molecule has 2 radical (unpaired) electrons. The molecule has 0 amide bonds. The molecular formula is C4H7BO2. The summed E-state index contributed by atoms with van der Waals surface area (Å²) >= 11 is 0. The van der Waals surface area contributed by atoms with E-state index in [-0.39, 0.29) is 6.29 Å². The Bertz CT molecular complexity index is 51.7. The third-order valence-electron chi connectivity index (χ3n) is 1.04. The van der Waals surface area contributed by atoms with Crippen molar-refractivity contribution in [3.8, 4) is 0 Å². The quantitative estimate of drug-likeness (QED) is 0.437. The van der Waals surface area contributed by atoms with E-state index in [1.165, 1.54) is 0 Å². The summed E-state index contributed by atoms with van der Waals surface area (Å²) in [4.78, 5) is 0. The third kappa shape index (κ3) is 1.18. The van der Waals surface area contributed by atoms with Gasteiger partial charge in [0.25, 0.3) is 8.05 Å². The van der Waals surface area contributed by atoms with Crippen LogP contribution in [0.15, 0.2) is 0 Å². The molecule has 0 N–H and O–H groups in total. The number of ether oxygens (including phenoxy) is 1. The van der Waals surface area contributed by atoms with E-state index >= 15 is 0 Å². The molecule has 0 bridgehead atoms. The van der Waals surface area contributed by atoms with E-state index in [0.717, 1.165) is 19.4 Å². The summed E-state index contributed by atoms with van der Waals surface area (Å²) < 4.78 is 9.34. The molecule has 1 atom stereocenters. The van der Waals surface area contributed by atoms with E-state index in [9.17, 15) is 0 Å². The molecule has 38 valence electrons. The van der Waals surface area contributed by atoms with Gasteiger partial charge in [-0.3, -0.25) is 0 Å².